The SMILES string of the molecule is C=CN(/C=C\CC)CC(=O)Oc1ccc(NC(C)=O)cc1. The molecule has 0 radical (unpaired) electrons. The first kappa shape index (κ1) is 16.5. The maximum atomic E-state index is 11.8. The number of ether oxygens (including phenoxy) is 1. The fourth-order valence-electron chi connectivity index (χ4n) is 1.54. The predicted molar refractivity (Wildman–Crippen MR) is 82.7 cm³/mol. The van der Waals surface area contributed by atoms with Crippen LogP contribution in [-0.2, 0) is 9.59 Å². The first-order valence-corrected chi connectivity index (χ1v) is 6.68. The van der Waals surface area contributed by atoms with E-state index in [-0.39, 0.29) is 18.4 Å². The fraction of sp³-hybridized carbons (Fsp3) is 0.250. The monoisotopic (exact) mass is 288 g/mol. The lowest BCUT2D eigenvalue weighted by molar-refractivity contribution is -0.134. The number of carbonyl (C=O) groups is 2. The van der Waals surface area contributed by atoms with Gasteiger partial charge in [-0.1, -0.05) is 19.6 Å². The molecule has 0 bridgehead atoms. The zero-order valence-corrected chi connectivity index (χ0v) is 12.3. The van der Waals surface area contributed by atoms with E-state index < -0.39 is 0 Å². The molecule has 0 aliphatic carbocycles. The largest absolute Gasteiger partial charge is 0.425 e. The maximum absolute atomic E-state index is 11.8. The molecule has 1 N–H and O–H groups in total. The molecule has 21 heavy (non-hydrogen) atoms. The number of allylic oxidation sites excluding steroid dienone is 1. The Morgan fingerprint density at radius 1 is 1.33 bits per heavy atom. The molecule has 0 aliphatic rings. The van der Waals surface area contributed by atoms with Crippen LogP contribution in [0.5, 0.6) is 5.75 Å². The number of esters is 1. The van der Waals surface area contributed by atoms with Crippen molar-refractivity contribution in [3.05, 3.63) is 49.3 Å². The van der Waals surface area contributed by atoms with Crippen molar-refractivity contribution in [2.75, 3.05) is 11.9 Å². The van der Waals surface area contributed by atoms with Gasteiger partial charge in [-0.2, -0.15) is 0 Å². The van der Waals surface area contributed by atoms with Crippen LogP contribution in [0.15, 0.2) is 49.3 Å². The highest BCUT2D eigenvalue weighted by molar-refractivity contribution is 5.88. The molecular formula is C16H20N2O3. The van der Waals surface area contributed by atoms with Crippen molar-refractivity contribution in [1.29, 1.82) is 0 Å². The number of hydrogen-bond donors (Lipinski definition) is 1. The van der Waals surface area contributed by atoms with E-state index in [1.54, 1.807) is 41.6 Å². The summed E-state index contributed by atoms with van der Waals surface area (Å²) in [5.74, 6) is -0.107. The van der Waals surface area contributed by atoms with Crippen LogP contribution in [0.3, 0.4) is 0 Å². The molecule has 1 rings (SSSR count). The van der Waals surface area contributed by atoms with Gasteiger partial charge in [0.05, 0.1) is 0 Å². The molecule has 0 aliphatic heterocycles. The first-order valence-electron chi connectivity index (χ1n) is 6.68. The molecule has 0 aromatic heterocycles. The van der Waals surface area contributed by atoms with Crippen LogP contribution in [0.4, 0.5) is 5.69 Å². The van der Waals surface area contributed by atoms with Crippen molar-refractivity contribution >= 4 is 17.6 Å². The van der Waals surface area contributed by atoms with Crippen LogP contribution in [-0.4, -0.2) is 23.3 Å². The van der Waals surface area contributed by atoms with Crippen molar-refractivity contribution in [2.24, 2.45) is 0 Å². The highest BCUT2D eigenvalue weighted by atomic mass is 16.5. The Kier molecular flexibility index (Phi) is 6.74. The number of amides is 1. The number of hydrogen-bond acceptors (Lipinski definition) is 4. The molecule has 0 saturated heterocycles. The zero-order chi connectivity index (χ0) is 15.7. The van der Waals surface area contributed by atoms with E-state index in [0.717, 1.165) is 6.42 Å². The predicted octanol–water partition coefficient (Wildman–Crippen LogP) is 2.92. The molecule has 5 nitrogen and oxygen atoms in total. The van der Waals surface area contributed by atoms with Crippen LogP contribution in [0.2, 0.25) is 0 Å². The Morgan fingerprint density at radius 3 is 2.52 bits per heavy atom. The van der Waals surface area contributed by atoms with Crippen molar-refractivity contribution in [3.63, 3.8) is 0 Å². The summed E-state index contributed by atoms with van der Waals surface area (Å²) in [5, 5.41) is 2.64. The highest BCUT2D eigenvalue weighted by Gasteiger charge is 2.07. The quantitative estimate of drug-likeness (QED) is 0.619. The second kappa shape index (κ2) is 8.58. The molecule has 0 heterocycles. The van der Waals surface area contributed by atoms with Gasteiger partial charge in [0.1, 0.15) is 12.3 Å². The summed E-state index contributed by atoms with van der Waals surface area (Å²) in [6.07, 6.45) is 6.16. The van der Waals surface area contributed by atoms with Gasteiger partial charge in [-0.15, -0.1) is 0 Å². The average molecular weight is 288 g/mol. The van der Waals surface area contributed by atoms with Crippen LogP contribution < -0.4 is 10.1 Å². The summed E-state index contributed by atoms with van der Waals surface area (Å²) in [6, 6.07) is 6.60. The molecule has 0 spiro atoms. The summed E-state index contributed by atoms with van der Waals surface area (Å²) < 4.78 is 5.21. The van der Waals surface area contributed by atoms with Crippen LogP contribution in [0.25, 0.3) is 0 Å². The minimum Gasteiger partial charge on any atom is -0.425 e. The van der Waals surface area contributed by atoms with Gasteiger partial charge < -0.3 is 15.0 Å². The Balaban J connectivity index is 2.56. The minimum absolute atomic E-state index is 0.0907. The zero-order valence-electron chi connectivity index (χ0n) is 12.3. The van der Waals surface area contributed by atoms with Crippen molar-refractivity contribution in [2.45, 2.75) is 20.3 Å². The van der Waals surface area contributed by atoms with Gasteiger partial charge in [0.25, 0.3) is 0 Å². The van der Waals surface area contributed by atoms with E-state index in [1.165, 1.54) is 6.92 Å². The number of nitrogens with zero attached hydrogens (tertiary/aromatic N) is 1. The topological polar surface area (TPSA) is 58.6 Å². The number of benzene rings is 1. The number of nitrogens with one attached hydrogen (secondary N) is 1. The van der Waals surface area contributed by atoms with Crippen molar-refractivity contribution < 1.29 is 14.3 Å². The molecule has 112 valence electrons. The standard InChI is InChI=1S/C16H20N2O3/c1-4-6-11-18(5-2)12-16(20)21-15-9-7-14(8-10-15)17-13(3)19/h5-11H,2,4,12H2,1,3H3,(H,17,19)/b11-6-. The second-order valence-electron chi connectivity index (χ2n) is 4.33. The van der Waals surface area contributed by atoms with Crippen LogP contribution in [0, 0.1) is 0 Å². The van der Waals surface area contributed by atoms with Gasteiger partial charge in [-0.3, -0.25) is 4.79 Å². The highest BCUT2D eigenvalue weighted by Crippen LogP contribution is 2.15. The molecular weight excluding hydrogens is 268 g/mol. The van der Waals surface area contributed by atoms with Gasteiger partial charge in [-0.25, -0.2) is 4.79 Å². The molecule has 0 unspecified atom stereocenters. The molecule has 0 saturated carbocycles. The molecule has 1 amide bonds. The van der Waals surface area contributed by atoms with Gasteiger partial charge in [0.15, 0.2) is 0 Å². The molecule has 0 fully saturated rings. The third-order valence-corrected chi connectivity index (χ3v) is 2.49. The van der Waals surface area contributed by atoms with E-state index in [2.05, 4.69) is 11.9 Å². The summed E-state index contributed by atoms with van der Waals surface area (Å²) in [5.41, 5.74) is 0.654. The number of carbonyl (C=O) groups excluding carboxylic acids is 2. The first-order chi connectivity index (χ1) is 10.0. The van der Waals surface area contributed by atoms with Gasteiger partial charge in [-0.05, 0) is 36.9 Å². The molecule has 1 aromatic carbocycles. The fourth-order valence-corrected chi connectivity index (χ4v) is 1.54. The Hall–Kier alpha value is -2.56. The number of anilines is 1. The van der Waals surface area contributed by atoms with E-state index in [9.17, 15) is 9.59 Å². The second-order valence-corrected chi connectivity index (χ2v) is 4.33. The third kappa shape index (κ3) is 6.42. The maximum Gasteiger partial charge on any atom is 0.331 e. The van der Waals surface area contributed by atoms with Crippen molar-refractivity contribution in [1.82, 2.24) is 4.90 Å². The van der Waals surface area contributed by atoms with E-state index in [0.29, 0.717) is 11.4 Å². The Labute approximate surface area is 124 Å². The van der Waals surface area contributed by atoms with Crippen LogP contribution in [0.1, 0.15) is 20.3 Å². The Bertz CT molecular complexity index is 521. The molecule has 1 aromatic rings. The van der Waals surface area contributed by atoms with E-state index in [4.69, 9.17) is 4.74 Å². The van der Waals surface area contributed by atoms with E-state index >= 15 is 0 Å². The van der Waals surface area contributed by atoms with E-state index in [1.807, 2.05) is 13.0 Å². The summed E-state index contributed by atoms with van der Waals surface area (Å²) >= 11 is 0. The van der Waals surface area contributed by atoms with Gasteiger partial charge in [0, 0.05) is 18.8 Å². The normalized spacial score (nSPS) is 10.2. The lowest BCUT2D eigenvalue weighted by atomic mass is 10.3. The Morgan fingerprint density at radius 2 is 2.00 bits per heavy atom. The molecule has 0 atom stereocenters. The lowest BCUT2D eigenvalue weighted by Crippen LogP contribution is -2.24. The summed E-state index contributed by atoms with van der Waals surface area (Å²) in [4.78, 5) is 24.3. The molecule has 5 heteroatoms. The summed E-state index contributed by atoms with van der Waals surface area (Å²) in [7, 11) is 0. The number of rotatable bonds is 7. The van der Waals surface area contributed by atoms with Crippen LogP contribution >= 0.6 is 0 Å². The summed E-state index contributed by atoms with van der Waals surface area (Å²) in [6.45, 7) is 7.17. The van der Waals surface area contributed by atoms with Gasteiger partial charge in [0.2, 0.25) is 5.91 Å². The average Bonchev–Trinajstić information content (AvgIpc) is 2.45. The third-order valence-electron chi connectivity index (χ3n) is 2.49. The van der Waals surface area contributed by atoms with Gasteiger partial charge >= 0.3 is 5.97 Å². The smallest absolute Gasteiger partial charge is 0.331 e. The van der Waals surface area contributed by atoms with Crippen molar-refractivity contribution in [3.8, 4) is 5.75 Å². The lowest BCUT2D eigenvalue weighted by Gasteiger charge is -2.14. The minimum atomic E-state index is -0.386.